The van der Waals surface area contributed by atoms with Crippen LogP contribution in [0.4, 0.5) is 5.69 Å². The van der Waals surface area contributed by atoms with Crippen molar-refractivity contribution in [2.75, 3.05) is 11.9 Å². The zero-order valence-corrected chi connectivity index (χ0v) is 10.4. The standard InChI is InChI=1S/C13H14N2O4/c1-7-9(13(18)19)3-2-4-10(7)15-12(17)8-5-11(16)14-6-8/h2-4,8H,5-6H2,1H3,(H,14,16)(H,15,17)(H,18,19). The molecule has 1 heterocycles. The van der Waals surface area contributed by atoms with E-state index in [0.717, 1.165) is 0 Å². The quantitative estimate of drug-likeness (QED) is 0.749. The van der Waals surface area contributed by atoms with Crippen molar-refractivity contribution in [1.29, 1.82) is 0 Å². The number of nitrogens with one attached hydrogen (secondary N) is 2. The van der Waals surface area contributed by atoms with Crippen molar-refractivity contribution in [2.24, 2.45) is 5.92 Å². The van der Waals surface area contributed by atoms with Crippen molar-refractivity contribution in [1.82, 2.24) is 5.32 Å². The summed E-state index contributed by atoms with van der Waals surface area (Å²) in [5, 5.41) is 14.3. The Labute approximate surface area is 109 Å². The Morgan fingerprint density at radius 2 is 2.16 bits per heavy atom. The van der Waals surface area contributed by atoms with Gasteiger partial charge in [-0.25, -0.2) is 4.79 Å². The number of hydrogen-bond donors (Lipinski definition) is 3. The van der Waals surface area contributed by atoms with Crippen LogP contribution in [-0.4, -0.2) is 29.4 Å². The van der Waals surface area contributed by atoms with Gasteiger partial charge in [-0.05, 0) is 24.6 Å². The van der Waals surface area contributed by atoms with Crippen molar-refractivity contribution in [3.05, 3.63) is 29.3 Å². The predicted octanol–water partition coefficient (Wildman–Crippen LogP) is 0.768. The van der Waals surface area contributed by atoms with Gasteiger partial charge >= 0.3 is 5.97 Å². The molecule has 1 fully saturated rings. The first-order chi connectivity index (χ1) is 8.99. The van der Waals surface area contributed by atoms with Crippen molar-refractivity contribution < 1.29 is 19.5 Å². The Bertz CT molecular complexity index is 554. The van der Waals surface area contributed by atoms with Crippen LogP contribution in [0.2, 0.25) is 0 Å². The summed E-state index contributed by atoms with van der Waals surface area (Å²) >= 11 is 0. The highest BCUT2D eigenvalue weighted by atomic mass is 16.4. The minimum Gasteiger partial charge on any atom is -0.478 e. The molecule has 0 radical (unpaired) electrons. The van der Waals surface area contributed by atoms with Crippen molar-refractivity contribution in [2.45, 2.75) is 13.3 Å². The van der Waals surface area contributed by atoms with E-state index in [0.29, 0.717) is 17.8 Å². The van der Waals surface area contributed by atoms with Gasteiger partial charge in [0.15, 0.2) is 0 Å². The van der Waals surface area contributed by atoms with Gasteiger partial charge in [0.25, 0.3) is 0 Å². The van der Waals surface area contributed by atoms with Crippen LogP contribution < -0.4 is 10.6 Å². The van der Waals surface area contributed by atoms with E-state index in [1.807, 2.05) is 0 Å². The Hall–Kier alpha value is -2.37. The molecule has 0 bridgehead atoms. The fourth-order valence-corrected chi connectivity index (χ4v) is 2.03. The van der Waals surface area contributed by atoms with Crippen LogP contribution in [0, 0.1) is 12.8 Å². The maximum Gasteiger partial charge on any atom is 0.336 e. The molecule has 6 heteroatoms. The molecule has 1 aliphatic heterocycles. The highest BCUT2D eigenvalue weighted by Gasteiger charge is 2.28. The summed E-state index contributed by atoms with van der Waals surface area (Å²) in [6.07, 6.45) is 0.170. The third-order valence-electron chi connectivity index (χ3n) is 3.17. The van der Waals surface area contributed by atoms with Gasteiger partial charge in [-0.2, -0.15) is 0 Å². The molecule has 1 unspecified atom stereocenters. The second-order valence-electron chi connectivity index (χ2n) is 4.48. The molecule has 0 saturated carbocycles. The summed E-state index contributed by atoms with van der Waals surface area (Å²) in [7, 11) is 0. The van der Waals surface area contributed by atoms with Crippen molar-refractivity contribution >= 4 is 23.5 Å². The van der Waals surface area contributed by atoms with E-state index in [1.54, 1.807) is 19.1 Å². The molecule has 2 amide bonds. The van der Waals surface area contributed by atoms with Crippen LogP contribution >= 0.6 is 0 Å². The number of carboxylic acids is 1. The van der Waals surface area contributed by atoms with Crippen LogP contribution in [0.1, 0.15) is 22.3 Å². The third-order valence-corrected chi connectivity index (χ3v) is 3.17. The molecule has 0 aromatic heterocycles. The van der Waals surface area contributed by atoms with E-state index < -0.39 is 11.9 Å². The van der Waals surface area contributed by atoms with Gasteiger partial charge in [0.2, 0.25) is 11.8 Å². The fraction of sp³-hybridized carbons (Fsp3) is 0.308. The lowest BCUT2D eigenvalue weighted by Gasteiger charge is -2.12. The number of rotatable bonds is 3. The summed E-state index contributed by atoms with van der Waals surface area (Å²) in [5.74, 6) is -1.85. The zero-order chi connectivity index (χ0) is 14.0. The summed E-state index contributed by atoms with van der Waals surface area (Å²) in [6.45, 7) is 1.96. The van der Waals surface area contributed by atoms with Crippen LogP contribution in [0.15, 0.2) is 18.2 Å². The maximum absolute atomic E-state index is 11.9. The molecular formula is C13H14N2O4. The van der Waals surface area contributed by atoms with E-state index in [4.69, 9.17) is 5.11 Å². The Balaban J connectivity index is 2.15. The van der Waals surface area contributed by atoms with Crippen molar-refractivity contribution in [3.63, 3.8) is 0 Å². The number of carbonyl (C=O) groups is 3. The Morgan fingerprint density at radius 1 is 1.42 bits per heavy atom. The van der Waals surface area contributed by atoms with E-state index in [1.165, 1.54) is 6.07 Å². The monoisotopic (exact) mass is 262 g/mol. The first kappa shape index (κ1) is 13.1. The minimum absolute atomic E-state index is 0.142. The number of carbonyl (C=O) groups excluding carboxylic acids is 2. The molecular weight excluding hydrogens is 248 g/mol. The largest absolute Gasteiger partial charge is 0.478 e. The number of amides is 2. The highest BCUT2D eigenvalue weighted by Crippen LogP contribution is 2.20. The summed E-state index contributed by atoms with van der Waals surface area (Å²) < 4.78 is 0. The molecule has 1 aromatic carbocycles. The van der Waals surface area contributed by atoms with Gasteiger partial charge in [-0.15, -0.1) is 0 Å². The van der Waals surface area contributed by atoms with Crippen LogP contribution in [0.25, 0.3) is 0 Å². The molecule has 19 heavy (non-hydrogen) atoms. The normalized spacial score (nSPS) is 17.9. The summed E-state index contributed by atoms with van der Waals surface area (Å²) in [4.78, 5) is 34.0. The van der Waals surface area contributed by atoms with Crippen LogP contribution in [-0.2, 0) is 9.59 Å². The maximum atomic E-state index is 11.9. The number of benzene rings is 1. The van der Waals surface area contributed by atoms with Gasteiger partial charge in [0.05, 0.1) is 11.5 Å². The topological polar surface area (TPSA) is 95.5 Å². The molecule has 1 aliphatic rings. The molecule has 1 saturated heterocycles. The lowest BCUT2D eigenvalue weighted by molar-refractivity contribution is -0.123. The summed E-state index contributed by atoms with van der Waals surface area (Å²) in [6, 6.07) is 4.70. The first-order valence-electron chi connectivity index (χ1n) is 5.89. The third kappa shape index (κ3) is 2.73. The molecule has 100 valence electrons. The molecule has 2 rings (SSSR count). The Kier molecular flexibility index (Phi) is 3.50. The molecule has 3 N–H and O–H groups in total. The van der Waals surface area contributed by atoms with Crippen LogP contribution in [0.3, 0.4) is 0 Å². The van der Waals surface area contributed by atoms with Crippen LogP contribution in [0.5, 0.6) is 0 Å². The summed E-state index contributed by atoms with van der Waals surface area (Å²) in [5.41, 5.74) is 1.11. The smallest absolute Gasteiger partial charge is 0.336 e. The van der Waals surface area contributed by atoms with Gasteiger partial charge < -0.3 is 15.7 Å². The lowest BCUT2D eigenvalue weighted by atomic mass is 10.0. The zero-order valence-electron chi connectivity index (χ0n) is 10.4. The van der Waals surface area contributed by atoms with Crippen molar-refractivity contribution in [3.8, 4) is 0 Å². The number of carboxylic acid groups (broad SMARTS) is 1. The molecule has 1 aromatic rings. The number of hydrogen-bond acceptors (Lipinski definition) is 3. The van der Waals surface area contributed by atoms with Gasteiger partial charge in [0.1, 0.15) is 0 Å². The molecule has 1 atom stereocenters. The average molecular weight is 262 g/mol. The highest BCUT2D eigenvalue weighted by molar-refractivity contribution is 5.99. The fourth-order valence-electron chi connectivity index (χ4n) is 2.03. The molecule has 0 aliphatic carbocycles. The number of aromatic carboxylic acids is 1. The van der Waals surface area contributed by atoms with E-state index in [2.05, 4.69) is 10.6 Å². The molecule has 6 nitrogen and oxygen atoms in total. The van der Waals surface area contributed by atoms with E-state index in [-0.39, 0.29) is 23.8 Å². The lowest BCUT2D eigenvalue weighted by Crippen LogP contribution is -2.25. The van der Waals surface area contributed by atoms with E-state index in [9.17, 15) is 14.4 Å². The van der Waals surface area contributed by atoms with E-state index >= 15 is 0 Å². The van der Waals surface area contributed by atoms with Gasteiger partial charge in [-0.3, -0.25) is 9.59 Å². The van der Waals surface area contributed by atoms with Gasteiger partial charge in [0, 0.05) is 18.7 Å². The second-order valence-corrected chi connectivity index (χ2v) is 4.48. The number of anilines is 1. The predicted molar refractivity (Wildman–Crippen MR) is 67.9 cm³/mol. The molecule has 0 spiro atoms. The second kappa shape index (κ2) is 5.09. The Morgan fingerprint density at radius 3 is 2.74 bits per heavy atom. The average Bonchev–Trinajstić information content (AvgIpc) is 2.78. The SMILES string of the molecule is Cc1c(NC(=O)C2CNC(=O)C2)cccc1C(=O)O. The van der Waals surface area contributed by atoms with Gasteiger partial charge in [-0.1, -0.05) is 6.07 Å². The first-order valence-corrected chi connectivity index (χ1v) is 5.89. The minimum atomic E-state index is -1.04.